The van der Waals surface area contributed by atoms with Crippen LogP contribution in [0.3, 0.4) is 0 Å². The third-order valence-corrected chi connectivity index (χ3v) is 3.90. The third kappa shape index (κ3) is 4.08. The largest absolute Gasteiger partial charge is 0.493 e. The van der Waals surface area contributed by atoms with Gasteiger partial charge in [-0.2, -0.15) is 23.0 Å². The number of aromatic hydroxyl groups is 1. The number of carbonyl (C=O) groups is 1. The molecule has 0 bridgehead atoms. The van der Waals surface area contributed by atoms with Gasteiger partial charge >= 0.3 is 6.18 Å². The van der Waals surface area contributed by atoms with Gasteiger partial charge in [0.2, 0.25) is 5.88 Å². The van der Waals surface area contributed by atoms with Gasteiger partial charge in [-0.15, -0.1) is 0 Å². The molecule has 0 saturated carbocycles. The maximum absolute atomic E-state index is 14.0. The summed E-state index contributed by atoms with van der Waals surface area (Å²) in [4.78, 5) is 11.7. The molecule has 3 aromatic rings. The van der Waals surface area contributed by atoms with Gasteiger partial charge in [0.25, 0.3) is 5.78 Å². The maximum atomic E-state index is 14.0. The summed E-state index contributed by atoms with van der Waals surface area (Å²) in [7, 11) is 0. The Morgan fingerprint density at radius 2 is 1.25 bits per heavy atom. The van der Waals surface area contributed by atoms with Crippen molar-refractivity contribution in [3.05, 3.63) is 64.5 Å². The predicted octanol–water partition coefficient (Wildman–Crippen LogP) is 4.96. The second kappa shape index (κ2) is 8.53. The van der Waals surface area contributed by atoms with Gasteiger partial charge < -0.3 is 5.11 Å². The van der Waals surface area contributed by atoms with Crippen molar-refractivity contribution in [2.45, 2.75) is 6.18 Å². The molecule has 1 N–H and O–H groups in total. The van der Waals surface area contributed by atoms with Crippen LogP contribution >= 0.6 is 0 Å². The van der Waals surface area contributed by atoms with Crippen molar-refractivity contribution >= 4 is 5.78 Å². The van der Waals surface area contributed by atoms with E-state index in [1.807, 2.05) is 0 Å². The molecule has 3 rings (SSSR count). The zero-order valence-corrected chi connectivity index (χ0v) is 17.9. The van der Waals surface area contributed by atoms with E-state index in [0.717, 1.165) is 0 Å². The summed E-state index contributed by atoms with van der Waals surface area (Å²) in [6, 6.07) is -0.130. The molecule has 1 heterocycles. The fraction of sp³-hybridized carbons (Fsp3) is 0.0588. The SMILES string of the molecule is O=C(c1c(-c2cc(F)c(F)c(F)c2)nn(-c2c(F)c(F)cc(F)c2F)c1O)C(F)(F)F.[Zn]. The van der Waals surface area contributed by atoms with E-state index in [0.29, 0.717) is 0 Å². The molecule has 32 heavy (non-hydrogen) atoms. The van der Waals surface area contributed by atoms with Gasteiger partial charge in [0.1, 0.15) is 16.9 Å². The van der Waals surface area contributed by atoms with Crippen molar-refractivity contribution in [2.24, 2.45) is 0 Å². The van der Waals surface area contributed by atoms with Crippen molar-refractivity contribution in [2.75, 3.05) is 0 Å². The van der Waals surface area contributed by atoms with Crippen LogP contribution in [0.4, 0.5) is 43.9 Å². The number of hydrogen-bond acceptors (Lipinski definition) is 3. The zero-order chi connectivity index (χ0) is 23.4. The Kier molecular flexibility index (Phi) is 6.74. The molecular weight excluding hydrogens is 520 g/mol. The normalized spacial score (nSPS) is 11.4. The van der Waals surface area contributed by atoms with Gasteiger partial charge in [0.15, 0.2) is 40.7 Å². The number of halogens is 10. The molecule has 0 unspecified atom stereocenters. The molecule has 0 amide bonds. The van der Waals surface area contributed by atoms with E-state index in [-0.39, 0.29) is 37.7 Å². The number of nitrogens with zero attached hydrogens (tertiary/aromatic N) is 2. The Labute approximate surface area is 182 Å². The average Bonchev–Trinajstić information content (AvgIpc) is 3.00. The Morgan fingerprint density at radius 1 is 0.812 bits per heavy atom. The predicted molar refractivity (Wildman–Crippen MR) is 80.8 cm³/mol. The molecule has 166 valence electrons. The monoisotopic (exact) mass is 522 g/mol. The van der Waals surface area contributed by atoms with Gasteiger partial charge in [0.05, 0.1) is 0 Å². The van der Waals surface area contributed by atoms with Gasteiger partial charge in [0, 0.05) is 31.1 Å². The van der Waals surface area contributed by atoms with Gasteiger partial charge in [-0.05, 0) is 12.1 Å². The van der Waals surface area contributed by atoms with Crippen LogP contribution in [0, 0.1) is 40.7 Å². The number of aromatic nitrogens is 2. The van der Waals surface area contributed by atoms with E-state index in [9.17, 15) is 53.8 Å². The van der Waals surface area contributed by atoms with E-state index in [1.54, 1.807) is 0 Å². The van der Waals surface area contributed by atoms with Crippen LogP contribution in [0.1, 0.15) is 10.4 Å². The quantitative estimate of drug-likeness (QED) is 0.174. The zero-order valence-electron chi connectivity index (χ0n) is 15.0. The van der Waals surface area contributed by atoms with E-state index in [2.05, 4.69) is 5.10 Å². The molecule has 0 aliphatic rings. The number of hydrogen-bond donors (Lipinski definition) is 1. The standard InChI is InChI=1S/C17H4F10N2O2.Zn/c18-5-1-4(2-6(19)10(5)22)13-9(15(30)17(25,26)27)16(31)29(28-13)14-11(23)7(20)3-8(21)12(14)24;/h1-3,31H;. The Hall–Kier alpha value is -2.96. The average molecular weight is 524 g/mol. The molecule has 0 saturated heterocycles. The first-order valence-corrected chi connectivity index (χ1v) is 7.67. The molecule has 0 spiro atoms. The fourth-order valence-corrected chi connectivity index (χ4v) is 2.56. The van der Waals surface area contributed by atoms with Crippen molar-refractivity contribution in [1.82, 2.24) is 9.78 Å². The number of carbonyl (C=O) groups excluding carboxylic acids is 1. The number of ketones is 1. The minimum absolute atomic E-state index is 0. The molecule has 0 aliphatic heterocycles. The van der Waals surface area contributed by atoms with Crippen molar-refractivity contribution < 1.29 is 73.3 Å². The Morgan fingerprint density at radius 3 is 1.69 bits per heavy atom. The van der Waals surface area contributed by atoms with Crippen LogP contribution in [0.25, 0.3) is 16.9 Å². The van der Waals surface area contributed by atoms with Gasteiger partial charge in [-0.3, -0.25) is 4.79 Å². The summed E-state index contributed by atoms with van der Waals surface area (Å²) in [5.41, 5.74) is -6.24. The van der Waals surface area contributed by atoms with Crippen LogP contribution < -0.4 is 0 Å². The maximum Gasteiger partial charge on any atom is 0.455 e. The molecule has 0 aliphatic carbocycles. The molecular formula is C17H4F10N2O2Zn. The number of benzene rings is 2. The smallest absolute Gasteiger partial charge is 0.455 e. The Bertz CT molecular complexity index is 1190. The summed E-state index contributed by atoms with van der Waals surface area (Å²) in [5.74, 6) is -19.4. The van der Waals surface area contributed by atoms with Crippen LogP contribution in [-0.2, 0) is 19.5 Å². The van der Waals surface area contributed by atoms with Gasteiger partial charge in [-0.1, -0.05) is 0 Å². The van der Waals surface area contributed by atoms with Crippen LogP contribution in [-0.4, -0.2) is 26.8 Å². The van der Waals surface area contributed by atoms with E-state index >= 15 is 0 Å². The molecule has 0 fully saturated rings. The second-order valence-electron chi connectivity index (χ2n) is 5.86. The minimum atomic E-state index is -5.75. The van der Waals surface area contributed by atoms with Crippen LogP contribution in [0.15, 0.2) is 18.2 Å². The fourth-order valence-electron chi connectivity index (χ4n) is 2.56. The summed E-state index contributed by atoms with van der Waals surface area (Å²) >= 11 is 0. The van der Waals surface area contributed by atoms with Crippen molar-refractivity contribution in [3.63, 3.8) is 0 Å². The molecule has 1 aromatic heterocycles. The summed E-state index contributed by atoms with van der Waals surface area (Å²) < 4.78 is 134. The summed E-state index contributed by atoms with van der Waals surface area (Å²) in [6.45, 7) is 0. The number of Topliss-reactive ketones (excluding diaryl/α,β-unsaturated/α-hetero) is 1. The van der Waals surface area contributed by atoms with Crippen molar-refractivity contribution in [3.8, 4) is 22.8 Å². The van der Waals surface area contributed by atoms with Crippen molar-refractivity contribution in [1.29, 1.82) is 0 Å². The Balaban J connectivity index is 0.00000363. The third-order valence-electron chi connectivity index (χ3n) is 3.90. The molecule has 4 nitrogen and oxygen atoms in total. The summed E-state index contributed by atoms with van der Waals surface area (Å²) in [5, 5.41) is 13.1. The number of alkyl halides is 3. The van der Waals surface area contributed by atoms with Crippen LogP contribution in [0.2, 0.25) is 0 Å². The van der Waals surface area contributed by atoms with Crippen LogP contribution in [0.5, 0.6) is 5.88 Å². The number of rotatable bonds is 3. The molecule has 15 heteroatoms. The van der Waals surface area contributed by atoms with Gasteiger partial charge in [-0.25, -0.2) is 30.7 Å². The van der Waals surface area contributed by atoms with E-state index < -0.39 is 85.8 Å². The van der Waals surface area contributed by atoms with E-state index in [1.165, 1.54) is 0 Å². The molecule has 2 aromatic carbocycles. The summed E-state index contributed by atoms with van der Waals surface area (Å²) in [6.07, 6.45) is -5.75. The molecule has 0 atom stereocenters. The first-order chi connectivity index (χ1) is 14.3. The van der Waals surface area contributed by atoms with E-state index in [4.69, 9.17) is 0 Å². The topological polar surface area (TPSA) is 55.1 Å². The minimum Gasteiger partial charge on any atom is -0.493 e. The first-order valence-electron chi connectivity index (χ1n) is 7.67. The first kappa shape index (κ1) is 25.3. The second-order valence-corrected chi connectivity index (χ2v) is 5.86. The molecule has 0 radical (unpaired) electrons.